The molecule has 0 aliphatic carbocycles. The highest BCUT2D eigenvalue weighted by Crippen LogP contribution is 2.13. The molecule has 0 spiro atoms. The Morgan fingerprint density at radius 3 is 2.25 bits per heavy atom. The number of rotatable bonds is 3. The van der Waals surface area contributed by atoms with Crippen molar-refractivity contribution in [2.24, 2.45) is 0 Å². The molecule has 2 rings (SSSR count). The van der Waals surface area contributed by atoms with Gasteiger partial charge < -0.3 is 10.4 Å². The molecular formula is C13H8F2N2O3. The molecule has 2 aromatic rings. The Labute approximate surface area is 111 Å². The van der Waals surface area contributed by atoms with Crippen LogP contribution in [0.5, 0.6) is 0 Å². The minimum Gasteiger partial charge on any atom is -0.478 e. The summed E-state index contributed by atoms with van der Waals surface area (Å²) in [6.07, 6.45) is 2.33. The van der Waals surface area contributed by atoms with Crippen LogP contribution in [0.1, 0.15) is 20.7 Å². The second-order valence-corrected chi connectivity index (χ2v) is 3.88. The topological polar surface area (TPSA) is 79.3 Å². The van der Waals surface area contributed by atoms with Crippen LogP contribution in [0, 0.1) is 11.6 Å². The second kappa shape index (κ2) is 5.43. The van der Waals surface area contributed by atoms with Gasteiger partial charge in [-0.25, -0.2) is 13.6 Å². The number of halogens is 2. The average Bonchev–Trinajstić information content (AvgIpc) is 2.37. The predicted octanol–water partition coefficient (Wildman–Crippen LogP) is 2.31. The van der Waals surface area contributed by atoms with Gasteiger partial charge in [0.25, 0.3) is 5.91 Å². The summed E-state index contributed by atoms with van der Waals surface area (Å²) in [5.74, 6) is -3.74. The number of carbonyl (C=O) groups excluding carboxylic acids is 1. The number of anilines is 1. The van der Waals surface area contributed by atoms with E-state index in [2.05, 4.69) is 10.3 Å². The van der Waals surface area contributed by atoms with Crippen LogP contribution in [0.15, 0.2) is 36.7 Å². The Morgan fingerprint density at radius 2 is 1.65 bits per heavy atom. The summed E-state index contributed by atoms with van der Waals surface area (Å²) in [5, 5.41) is 11.1. The first kappa shape index (κ1) is 13.6. The third-order valence-electron chi connectivity index (χ3n) is 2.37. The highest BCUT2D eigenvalue weighted by atomic mass is 19.1. The highest BCUT2D eigenvalue weighted by molar-refractivity contribution is 6.04. The quantitative estimate of drug-likeness (QED) is 0.903. The summed E-state index contributed by atoms with van der Waals surface area (Å²) in [5.41, 5.74) is -0.226. The molecule has 0 aliphatic rings. The molecule has 1 amide bonds. The van der Waals surface area contributed by atoms with Crippen molar-refractivity contribution >= 4 is 17.6 Å². The minimum absolute atomic E-state index is 0.111. The molecule has 0 fully saturated rings. The molecule has 20 heavy (non-hydrogen) atoms. The molecule has 1 heterocycles. The number of carboxylic acids is 1. The number of aromatic carboxylic acids is 1. The van der Waals surface area contributed by atoms with Gasteiger partial charge >= 0.3 is 5.97 Å². The zero-order chi connectivity index (χ0) is 14.7. The van der Waals surface area contributed by atoms with E-state index in [-0.39, 0.29) is 16.8 Å². The number of carbonyl (C=O) groups is 2. The van der Waals surface area contributed by atoms with E-state index < -0.39 is 23.5 Å². The molecule has 0 unspecified atom stereocenters. The summed E-state index contributed by atoms with van der Waals surface area (Å²) in [6.45, 7) is 0. The first-order valence-corrected chi connectivity index (χ1v) is 5.41. The summed E-state index contributed by atoms with van der Waals surface area (Å²) in [7, 11) is 0. The number of hydrogen-bond acceptors (Lipinski definition) is 3. The van der Waals surface area contributed by atoms with Crippen molar-refractivity contribution in [3.8, 4) is 0 Å². The van der Waals surface area contributed by atoms with E-state index in [1.54, 1.807) is 0 Å². The van der Waals surface area contributed by atoms with Crippen LogP contribution in [0.4, 0.5) is 14.5 Å². The maximum absolute atomic E-state index is 13.0. The number of benzene rings is 1. The van der Waals surface area contributed by atoms with Crippen LogP contribution in [0.3, 0.4) is 0 Å². The van der Waals surface area contributed by atoms with Gasteiger partial charge in [-0.15, -0.1) is 0 Å². The normalized spacial score (nSPS) is 10.1. The van der Waals surface area contributed by atoms with Crippen LogP contribution < -0.4 is 5.32 Å². The molecule has 1 aromatic heterocycles. The van der Waals surface area contributed by atoms with Gasteiger partial charge in [-0.3, -0.25) is 9.78 Å². The average molecular weight is 278 g/mol. The number of pyridine rings is 1. The fourth-order valence-corrected chi connectivity index (χ4v) is 1.51. The maximum Gasteiger partial charge on any atom is 0.337 e. The van der Waals surface area contributed by atoms with Gasteiger partial charge in [0.15, 0.2) is 0 Å². The third kappa shape index (κ3) is 3.14. The Morgan fingerprint density at radius 1 is 1.00 bits per heavy atom. The maximum atomic E-state index is 13.0. The summed E-state index contributed by atoms with van der Waals surface area (Å²) >= 11 is 0. The second-order valence-electron chi connectivity index (χ2n) is 3.88. The van der Waals surface area contributed by atoms with Gasteiger partial charge in [0, 0.05) is 17.8 Å². The van der Waals surface area contributed by atoms with E-state index >= 15 is 0 Å². The number of nitrogens with one attached hydrogen (secondary N) is 1. The van der Waals surface area contributed by atoms with Gasteiger partial charge in [0.2, 0.25) is 0 Å². The van der Waals surface area contributed by atoms with Crippen molar-refractivity contribution in [3.05, 3.63) is 59.4 Å². The SMILES string of the molecule is O=C(O)c1cncc(NC(=O)c2cc(F)cc(F)c2)c1. The molecule has 5 nitrogen and oxygen atoms in total. The largest absolute Gasteiger partial charge is 0.478 e. The first-order valence-electron chi connectivity index (χ1n) is 5.41. The van der Waals surface area contributed by atoms with Gasteiger partial charge in [0.05, 0.1) is 17.4 Å². The number of nitrogens with zero attached hydrogens (tertiary/aromatic N) is 1. The summed E-state index contributed by atoms with van der Waals surface area (Å²) < 4.78 is 26.0. The fourth-order valence-electron chi connectivity index (χ4n) is 1.51. The monoisotopic (exact) mass is 278 g/mol. The molecular weight excluding hydrogens is 270 g/mol. The van der Waals surface area contributed by atoms with Crippen LogP contribution >= 0.6 is 0 Å². The molecule has 1 aromatic carbocycles. The molecule has 0 saturated carbocycles. The van der Waals surface area contributed by atoms with E-state index in [1.165, 1.54) is 12.3 Å². The van der Waals surface area contributed by atoms with E-state index in [9.17, 15) is 18.4 Å². The molecule has 7 heteroatoms. The van der Waals surface area contributed by atoms with Crippen LogP contribution in [0.2, 0.25) is 0 Å². The van der Waals surface area contributed by atoms with E-state index in [0.29, 0.717) is 6.07 Å². The third-order valence-corrected chi connectivity index (χ3v) is 2.37. The zero-order valence-electron chi connectivity index (χ0n) is 9.93. The zero-order valence-corrected chi connectivity index (χ0v) is 9.93. The van der Waals surface area contributed by atoms with Crippen molar-refractivity contribution in [2.45, 2.75) is 0 Å². The molecule has 0 aliphatic heterocycles. The lowest BCUT2D eigenvalue weighted by Gasteiger charge is -2.06. The predicted molar refractivity (Wildman–Crippen MR) is 65.5 cm³/mol. The lowest BCUT2D eigenvalue weighted by Crippen LogP contribution is -2.13. The van der Waals surface area contributed by atoms with E-state index in [4.69, 9.17) is 5.11 Å². The molecule has 2 N–H and O–H groups in total. The number of aromatic nitrogens is 1. The Bertz CT molecular complexity index is 669. The van der Waals surface area contributed by atoms with E-state index in [1.807, 2.05) is 0 Å². The Hall–Kier alpha value is -2.83. The van der Waals surface area contributed by atoms with Gasteiger partial charge in [-0.1, -0.05) is 0 Å². The fraction of sp³-hybridized carbons (Fsp3) is 0. The molecule has 0 saturated heterocycles. The van der Waals surface area contributed by atoms with Crippen LogP contribution in [0.25, 0.3) is 0 Å². The number of hydrogen-bond donors (Lipinski definition) is 2. The van der Waals surface area contributed by atoms with Gasteiger partial charge in [0.1, 0.15) is 11.6 Å². The van der Waals surface area contributed by atoms with E-state index in [0.717, 1.165) is 18.3 Å². The summed E-state index contributed by atoms with van der Waals surface area (Å²) in [6, 6.07) is 3.56. The number of amides is 1. The minimum atomic E-state index is -1.20. The smallest absolute Gasteiger partial charge is 0.337 e. The summed E-state index contributed by atoms with van der Waals surface area (Å²) in [4.78, 5) is 26.2. The first-order chi connectivity index (χ1) is 9.45. The van der Waals surface area contributed by atoms with Crippen molar-refractivity contribution in [3.63, 3.8) is 0 Å². The van der Waals surface area contributed by atoms with Gasteiger partial charge in [-0.2, -0.15) is 0 Å². The molecule has 0 atom stereocenters. The number of carboxylic acid groups (broad SMARTS) is 1. The lowest BCUT2D eigenvalue weighted by molar-refractivity contribution is 0.0696. The van der Waals surface area contributed by atoms with Crippen molar-refractivity contribution in [1.29, 1.82) is 0 Å². The standard InChI is InChI=1S/C13H8F2N2O3/c14-9-1-7(2-10(15)4-9)12(18)17-11-3-8(13(19)20)5-16-6-11/h1-6H,(H,17,18)(H,19,20). The lowest BCUT2D eigenvalue weighted by atomic mass is 10.2. The molecule has 102 valence electrons. The van der Waals surface area contributed by atoms with Crippen LogP contribution in [-0.2, 0) is 0 Å². The van der Waals surface area contributed by atoms with Crippen LogP contribution in [-0.4, -0.2) is 22.0 Å². The highest BCUT2D eigenvalue weighted by Gasteiger charge is 2.11. The molecule has 0 bridgehead atoms. The Kier molecular flexibility index (Phi) is 3.69. The van der Waals surface area contributed by atoms with Gasteiger partial charge in [-0.05, 0) is 18.2 Å². The van der Waals surface area contributed by atoms with Crippen molar-refractivity contribution in [1.82, 2.24) is 4.98 Å². The molecule has 0 radical (unpaired) electrons. The Balaban J connectivity index is 2.23. The van der Waals surface area contributed by atoms with Crippen molar-refractivity contribution in [2.75, 3.05) is 5.32 Å². The van der Waals surface area contributed by atoms with Crippen molar-refractivity contribution < 1.29 is 23.5 Å².